The maximum absolute atomic E-state index is 16.5. The minimum Gasteiger partial charge on any atom is -0.395 e. The smallest absolute Gasteiger partial charge is 0.264 e. The summed E-state index contributed by atoms with van der Waals surface area (Å²) < 4.78 is 23.3. The molecule has 4 atom stereocenters. The Bertz CT molecular complexity index is 1980. The predicted octanol–water partition coefficient (Wildman–Crippen LogP) is 6.85. The molecule has 1 N–H and O–H groups in total. The van der Waals surface area contributed by atoms with Crippen molar-refractivity contribution in [1.82, 2.24) is 4.90 Å². The van der Waals surface area contributed by atoms with E-state index in [1.54, 1.807) is 33.9 Å². The van der Waals surface area contributed by atoms with Crippen LogP contribution in [0.5, 0.6) is 0 Å². The zero-order chi connectivity index (χ0) is 34.7. The van der Waals surface area contributed by atoms with Crippen molar-refractivity contribution in [3.05, 3.63) is 114 Å². The number of carbonyl (C=O) groups excluding carboxylic acids is 3. The van der Waals surface area contributed by atoms with E-state index in [0.717, 1.165) is 22.0 Å². The molecule has 252 valence electrons. The van der Waals surface area contributed by atoms with Crippen LogP contribution in [-0.2, 0) is 26.5 Å². The monoisotopic (exact) mass is 677 g/mol. The van der Waals surface area contributed by atoms with Gasteiger partial charge in [0, 0.05) is 47.7 Å². The highest BCUT2D eigenvalue weighted by Crippen LogP contribution is 2.61. The number of anilines is 3. The van der Waals surface area contributed by atoms with Crippen molar-refractivity contribution >= 4 is 54.0 Å². The molecule has 4 aromatic carbocycles. The molecule has 3 aliphatic rings. The van der Waals surface area contributed by atoms with Crippen LogP contribution >= 0.6 is 0 Å². The van der Waals surface area contributed by atoms with Crippen LogP contribution < -0.4 is 9.80 Å². The number of benzene rings is 4. The SMILES string of the molecule is C=CCN1C(=O)[C@]2(O[C@H](CC(=O)N(CCO)Cc3ccccc3)[C@@H]([Si](C)(C)F)[C@@H]2C)c2cc(N3C(=O)c4cccc5cccc3c45)ccc21. The van der Waals surface area contributed by atoms with E-state index in [1.165, 1.54) is 0 Å². The molecule has 1 saturated heterocycles. The summed E-state index contributed by atoms with van der Waals surface area (Å²) in [5, 5.41) is 11.6. The van der Waals surface area contributed by atoms with Crippen molar-refractivity contribution in [2.24, 2.45) is 5.92 Å². The summed E-state index contributed by atoms with van der Waals surface area (Å²) in [7, 11) is -3.56. The van der Waals surface area contributed by atoms with Gasteiger partial charge in [-0.15, -0.1) is 6.58 Å². The number of fused-ring (bicyclic) bond motifs is 2. The van der Waals surface area contributed by atoms with Crippen LogP contribution in [-0.4, -0.2) is 61.9 Å². The number of halogens is 1. The third kappa shape index (κ3) is 5.21. The summed E-state index contributed by atoms with van der Waals surface area (Å²) in [6.45, 7) is 9.30. The highest BCUT2D eigenvalue weighted by atomic mass is 28.4. The lowest BCUT2D eigenvalue weighted by Gasteiger charge is -2.31. The normalized spacial score (nSPS) is 22.8. The Balaban J connectivity index is 1.30. The summed E-state index contributed by atoms with van der Waals surface area (Å²) in [6, 6.07) is 26.4. The molecule has 1 fully saturated rings. The van der Waals surface area contributed by atoms with E-state index < -0.39 is 31.6 Å². The van der Waals surface area contributed by atoms with E-state index in [1.807, 2.05) is 91.9 Å². The summed E-state index contributed by atoms with van der Waals surface area (Å²) >= 11 is 0. The first-order chi connectivity index (χ1) is 23.5. The van der Waals surface area contributed by atoms with Crippen LogP contribution in [0.25, 0.3) is 10.8 Å². The van der Waals surface area contributed by atoms with Gasteiger partial charge < -0.3 is 23.8 Å². The fraction of sp³-hybridized carbons (Fsp3) is 0.308. The van der Waals surface area contributed by atoms with Gasteiger partial charge in [-0.25, -0.2) is 0 Å². The second-order valence-electron chi connectivity index (χ2n) is 13.7. The molecule has 3 aliphatic heterocycles. The maximum Gasteiger partial charge on any atom is 0.264 e. The average Bonchev–Trinajstić information content (AvgIpc) is 3.63. The Morgan fingerprint density at radius 2 is 1.78 bits per heavy atom. The van der Waals surface area contributed by atoms with E-state index in [0.29, 0.717) is 22.5 Å². The maximum atomic E-state index is 16.5. The van der Waals surface area contributed by atoms with Crippen molar-refractivity contribution in [1.29, 1.82) is 0 Å². The van der Waals surface area contributed by atoms with Crippen LogP contribution in [0.3, 0.4) is 0 Å². The van der Waals surface area contributed by atoms with Gasteiger partial charge in [0.2, 0.25) is 14.3 Å². The van der Waals surface area contributed by atoms with Crippen molar-refractivity contribution in [3.8, 4) is 0 Å². The van der Waals surface area contributed by atoms with E-state index in [-0.39, 0.29) is 50.4 Å². The lowest BCUT2D eigenvalue weighted by molar-refractivity contribution is -0.149. The van der Waals surface area contributed by atoms with E-state index in [9.17, 15) is 19.5 Å². The Morgan fingerprint density at radius 1 is 1.04 bits per heavy atom. The lowest BCUT2D eigenvalue weighted by atomic mass is 9.82. The van der Waals surface area contributed by atoms with Gasteiger partial charge in [0.05, 0.1) is 36.1 Å². The molecule has 10 heteroatoms. The largest absolute Gasteiger partial charge is 0.395 e. The first-order valence-electron chi connectivity index (χ1n) is 16.7. The molecule has 3 heterocycles. The molecular formula is C39H40FN3O5Si. The van der Waals surface area contributed by atoms with Crippen molar-refractivity contribution in [2.75, 3.05) is 29.5 Å². The average molecular weight is 678 g/mol. The molecule has 1 spiro atoms. The minimum absolute atomic E-state index is 0.111. The topological polar surface area (TPSA) is 90.4 Å². The number of nitrogens with zero attached hydrogens (tertiary/aromatic N) is 3. The first kappa shape index (κ1) is 32.9. The Morgan fingerprint density at radius 3 is 2.47 bits per heavy atom. The van der Waals surface area contributed by atoms with Crippen LogP contribution in [0.2, 0.25) is 18.6 Å². The molecule has 49 heavy (non-hydrogen) atoms. The Labute approximate surface area is 286 Å². The molecule has 8 nitrogen and oxygen atoms in total. The lowest BCUT2D eigenvalue weighted by Crippen LogP contribution is -2.45. The fourth-order valence-electron chi connectivity index (χ4n) is 8.37. The molecule has 0 radical (unpaired) electrons. The minimum atomic E-state index is -3.56. The standard InChI is InChI=1S/C39H40FN3O5Si/c1-5-19-42-31-18-17-28(43-32-16-10-14-27-13-9-15-29(35(27)32)37(43)46)22-30(31)39(38(42)47)25(2)36(49(3,4)40)33(48-39)23-34(45)41(20-21-44)24-26-11-7-6-8-12-26/h5-18,22,25,33,36,44H,1,19-21,23-24H2,2-4H3/t25-,33+,36-,39+/m0/s1. The summed E-state index contributed by atoms with van der Waals surface area (Å²) in [4.78, 5) is 47.3. The quantitative estimate of drug-likeness (QED) is 0.113. The van der Waals surface area contributed by atoms with Gasteiger partial charge in [-0.2, -0.15) is 0 Å². The molecular weight excluding hydrogens is 638 g/mol. The Hall–Kier alpha value is -4.64. The number of rotatable bonds is 10. The summed E-state index contributed by atoms with van der Waals surface area (Å²) in [6.07, 6.45) is 0.607. The van der Waals surface area contributed by atoms with Gasteiger partial charge in [0.25, 0.3) is 11.8 Å². The summed E-state index contributed by atoms with van der Waals surface area (Å²) in [5.41, 5.74) is 1.71. The van der Waals surface area contributed by atoms with Crippen molar-refractivity contribution < 1.29 is 28.3 Å². The number of amides is 3. The van der Waals surface area contributed by atoms with Crippen molar-refractivity contribution in [3.63, 3.8) is 0 Å². The van der Waals surface area contributed by atoms with Gasteiger partial charge in [-0.1, -0.05) is 67.6 Å². The molecule has 4 aromatic rings. The Kier molecular flexibility index (Phi) is 8.29. The molecule has 0 unspecified atom stereocenters. The molecule has 0 bridgehead atoms. The number of carbonyl (C=O) groups is 3. The zero-order valence-corrected chi connectivity index (χ0v) is 28.9. The van der Waals surface area contributed by atoms with Gasteiger partial charge in [-0.3, -0.25) is 19.3 Å². The number of hydrogen-bond acceptors (Lipinski definition) is 5. The first-order valence-corrected chi connectivity index (χ1v) is 19.7. The van der Waals surface area contributed by atoms with Crippen LogP contribution in [0.1, 0.15) is 34.8 Å². The van der Waals surface area contributed by atoms with E-state index in [2.05, 4.69) is 6.58 Å². The number of hydrogen-bond donors (Lipinski definition) is 1. The van der Waals surface area contributed by atoms with Gasteiger partial charge >= 0.3 is 0 Å². The molecule has 0 aromatic heterocycles. The highest BCUT2D eigenvalue weighted by molar-refractivity contribution is 6.72. The van der Waals surface area contributed by atoms with Crippen LogP contribution in [0.4, 0.5) is 21.2 Å². The van der Waals surface area contributed by atoms with Crippen LogP contribution in [0.15, 0.2) is 97.6 Å². The fourth-order valence-corrected chi connectivity index (χ4v) is 10.9. The van der Waals surface area contributed by atoms with Gasteiger partial charge in [0.15, 0.2) is 5.60 Å². The molecule has 0 aliphatic carbocycles. The predicted molar refractivity (Wildman–Crippen MR) is 191 cm³/mol. The van der Waals surface area contributed by atoms with Gasteiger partial charge in [0.1, 0.15) is 0 Å². The van der Waals surface area contributed by atoms with Crippen LogP contribution in [0, 0.1) is 5.92 Å². The zero-order valence-electron chi connectivity index (χ0n) is 27.9. The number of ether oxygens (including phenoxy) is 1. The number of aliphatic hydroxyl groups excluding tert-OH is 1. The molecule has 7 rings (SSSR count). The number of aliphatic hydroxyl groups is 1. The third-order valence-corrected chi connectivity index (χ3v) is 12.8. The summed E-state index contributed by atoms with van der Waals surface area (Å²) in [5.74, 6) is -1.41. The highest BCUT2D eigenvalue weighted by Gasteiger charge is 2.67. The molecule has 3 amide bonds. The van der Waals surface area contributed by atoms with Gasteiger partial charge in [-0.05, 0) is 54.4 Å². The van der Waals surface area contributed by atoms with E-state index >= 15 is 4.11 Å². The second-order valence-corrected chi connectivity index (χ2v) is 17.5. The second kappa shape index (κ2) is 12.4. The molecule has 0 saturated carbocycles. The van der Waals surface area contributed by atoms with E-state index in [4.69, 9.17) is 4.74 Å². The third-order valence-electron chi connectivity index (χ3n) is 10.4. The van der Waals surface area contributed by atoms with Crippen molar-refractivity contribution in [2.45, 2.75) is 50.2 Å².